The van der Waals surface area contributed by atoms with Gasteiger partial charge in [0.05, 0.1) is 17.5 Å². The smallest absolute Gasteiger partial charge is 0.375 e. The average molecular weight is 332 g/mol. The van der Waals surface area contributed by atoms with E-state index in [9.17, 15) is 26.4 Å². The van der Waals surface area contributed by atoms with Crippen LogP contribution in [0.1, 0.15) is 10.4 Å². The minimum absolute atomic E-state index is 0.182. The Morgan fingerprint density at radius 2 is 1.91 bits per heavy atom. The number of hydrogen-bond acceptors (Lipinski definition) is 6. The van der Waals surface area contributed by atoms with Gasteiger partial charge in [-0.25, -0.2) is 0 Å². The highest BCUT2D eigenvalue weighted by molar-refractivity contribution is 7.88. The van der Waals surface area contributed by atoms with Crippen LogP contribution in [0.5, 0.6) is 5.75 Å². The number of halogens is 3. The highest BCUT2D eigenvalue weighted by atomic mass is 32.2. The molecule has 0 bridgehead atoms. The van der Waals surface area contributed by atoms with Gasteiger partial charge in [0.15, 0.2) is 12.0 Å². The molecule has 22 heavy (non-hydrogen) atoms. The Bertz CT molecular complexity index is 792. The first-order chi connectivity index (χ1) is 10.2. The summed E-state index contributed by atoms with van der Waals surface area (Å²) in [7, 11) is -5.85. The lowest BCUT2D eigenvalue weighted by Gasteiger charge is -2.11. The van der Waals surface area contributed by atoms with Crippen molar-refractivity contribution < 1.29 is 30.6 Å². The molecule has 1 aromatic heterocycles. The van der Waals surface area contributed by atoms with Gasteiger partial charge >= 0.3 is 15.6 Å². The number of carbonyl (C=O) groups is 1. The largest absolute Gasteiger partial charge is 0.534 e. The Labute approximate surface area is 122 Å². The van der Waals surface area contributed by atoms with Crippen molar-refractivity contribution in [3.05, 3.63) is 42.4 Å². The lowest BCUT2D eigenvalue weighted by Crippen LogP contribution is -2.28. The molecule has 0 aliphatic rings. The van der Waals surface area contributed by atoms with Crippen LogP contribution in [0.4, 0.5) is 13.2 Å². The molecule has 1 heterocycles. The molecule has 0 saturated carbocycles. The summed E-state index contributed by atoms with van der Waals surface area (Å²) in [6, 6.07) is 3.35. The number of carbonyl (C=O) groups excluding carboxylic acids is 1. The van der Waals surface area contributed by atoms with Crippen LogP contribution in [0.15, 0.2) is 36.8 Å². The Morgan fingerprint density at radius 3 is 2.45 bits per heavy atom. The molecule has 0 saturated heterocycles. The fourth-order valence-electron chi connectivity index (χ4n) is 1.49. The monoisotopic (exact) mass is 332 g/mol. The zero-order valence-electron chi connectivity index (χ0n) is 10.6. The molecule has 0 atom stereocenters. The highest BCUT2D eigenvalue weighted by Gasteiger charge is 2.48. The van der Waals surface area contributed by atoms with Gasteiger partial charge in [0.2, 0.25) is 0 Å². The lowest BCUT2D eigenvalue weighted by molar-refractivity contribution is -0.0500. The van der Waals surface area contributed by atoms with Gasteiger partial charge in [0.25, 0.3) is 0 Å². The normalized spacial score (nSPS) is 12.0. The summed E-state index contributed by atoms with van der Waals surface area (Å²) >= 11 is 0. The molecular weight excluding hydrogens is 325 g/mol. The molecule has 0 aliphatic heterocycles. The Kier molecular flexibility index (Phi) is 4.13. The molecule has 1 aromatic carbocycles. The quantitative estimate of drug-likeness (QED) is 0.485. The standard InChI is InChI=1S/C12H7F3N2O4S/c13-12(14,15)22(19,20)21-11-2-1-8(5-9(11)7-18)10-6-16-3-4-17-10/h1-7H. The van der Waals surface area contributed by atoms with Crippen LogP contribution >= 0.6 is 0 Å². The van der Waals surface area contributed by atoms with Crippen LogP contribution in [0.3, 0.4) is 0 Å². The van der Waals surface area contributed by atoms with E-state index in [2.05, 4.69) is 14.2 Å². The summed E-state index contributed by atoms with van der Waals surface area (Å²) in [4.78, 5) is 18.7. The molecule has 0 aliphatic carbocycles. The van der Waals surface area contributed by atoms with Gasteiger partial charge < -0.3 is 4.18 Å². The molecule has 2 aromatic rings. The predicted molar refractivity (Wildman–Crippen MR) is 68.5 cm³/mol. The predicted octanol–water partition coefficient (Wildman–Crippen LogP) is 2.18. The number of aldehydes is 1. The summed E-state index contributed by atoms with van der Waals surface area (Å²) < 4.78 is 62.7. The van der Waals surface area contributed by atoms with Crippen molar-refractivity contribution in [2.45, 2.75) is 5.51 Å². The van der Waals surface area contributed by atoms with E-state index in [4.69, 9.17) is 0 Å². The first kappa shape index (κ1) is 15.9. The summed E-state index contributed by atoms with van der Waals surface area (Å²) in [5.41, 5.74) is -5.23. The van der Waals surface area contributed by atoms with Crippen LogP contribution in [-0.4, -0.2) is 30.2 Å². The van der Waals surface area contributed by atoms with Gasteiger partial charge in [-0.15, -0.1) is 0 Å². The summed E-state index contributed by atoms with van der Waals surface area (Å²) in [5.74, 6) is -0.722. The van der Waals surface area contributed by atoms with E-state index in [1.807, 2.05) is 0 Å². The Balaban J connectivity index is 2.42. The number of aromatic nitrogens is 2. The van der Waals surface area contributed by atoms with Crippen molar-refractivity contribution in [1.82, 2.24) is 9.97 Å². The Hall–Kier alpha value is -2.49. The van der Waals surface area contributed by atoms with Gasteiger partial charge in [-0.2, -0.15) is 21.6 Å². The Morgan fingerprint density at radius 1 is 1.18 bits per heavy atom. The zero-order valence-corrected chi connectivity index (χ0v) is 11.4. The van der Waals surface area contributed by atoms with Gasteiger partial charge in [0, 0.05) is 18.0 Å². The first-order valence-corrected chi connectivity index (χ1v) is 7.02. The number of hydrogen-bond donors (Lipinski definition) is 0. The molecule has 0 N–H and O–H groups in total. The molecule has 10 heteroatoms. The van der Waals surface area contributed by atoms with E-state index in [-0.39, 0.29) is 11.8 Å². The van der Waals surface area contributed by atoms with Crippen molar-refractivity contribution in [3.63, 3.8) is 0 Å². The molecule has 0 amide bonds. The fraction of sp³-hybridized carbons (Fsp3) is 0.0833. The summed E-state index contributed by atoms with van der Waals surface area (Å²) in [6.07, 6.45) is 4.35. The third-order valence-corrected chi connectivity index (χ3v) is 3.44. The highest BCUT2D eigenvalue weighted by Crippen LogP contribution is 2.30. The van der Waals surface area contributed by atoms with Crippen LogP contribution in [0, 0.1) is 0 Å². The second-order valence-corrected chi connectivity index (χ2v) is 5.48. The second kappa shape index (κ2) is 5.72. The number of benzene rings is 1. The van der Waals surface area contributed by atoms with Crippen molar-refractivity contribution in [3.8, 4) is 17.0 Å². The summed E-state index contributed by atoms with van der Waals surface area (Å²) in [6.45, 7) is 0. The number of nitrogens with zero attached hydrogens (tertiary/aromatic N) is 2. The van der Waals surface area contributed by atoms with Crippen molar-refractivity contribution in [2.75, 3.05) is 0 Å². The van der Waals surface area contributed by atoms with Crippen LogP contribution < -0.4 is 4.18 Å². The summed E-state index contributed by atoms with van der Waals surface area (Å²) in [5, 5.41) is 0. The minimum Gasteiger partial charge on any atom is -0.375 e. The topological polar surface area (TPSA) is 86.2 Å². The van der Waals surface area contributed by atoms with E-state index in [0.29, 0.717) is 11.3 Å². The second-order valence-electron chi connectivity index (χ2n) is 3.94. The van der Waals surface area contributed by atoms with E-state index >= 15 is 0 Å². The van der Waals surface area contributed by atoms with Gasteiger partial charge in [-0.05, 0) is 18.2 Å². The maximum Gasteiger partial charge on any atom is 0.534 e. The van der Waals surface area contributed by atoms with E-state index in [0.717, 1.165) is 12.1 Å². The minimum atomic E-state index is -5.85. The number of rotatable bonds is 4. The molecule has 2 rings (SSSR count). The van der Waals surface area contributed by atoms with Crippen LogP contribution in [0.25, 0.3) is 11.3 Å². The molecule has 0 unspecified atom stereocenters. The van der Waals surface area contributed by atoms with Crippen LogP contribution in [-0.2, 0) is 10.1 Å². The number of alkyl halides is 3. The lowest BCUT2D eigenvalue weighted by atomic mass is 10.1. The van der Waals surface area contributed by atoms with Crippen molar-refractivity contribution in [1.29, 1.82) is 0 Å². The van der Waals surface area contributed by atoms with E-state index in [1.54, 1.807) is 0 Å². The van der Waals surface area contributed by atoms with Gasteiger partial charge in [-0.1, -0.05) is 0 Å². The first-order valence-electron chi connectivity index (χ1n) is 5.61. The SMILES string of the molecule is O=Cc1cc(-c2cnccn2)ccc1OS(=O)(=O)C(F)(F)F. The fourth-order valence-corrected chi connectivity index (χ4v) is 1.97. The van der Waals surface area contributed by atoms with Gasteiger partial charge in [0.1, 0.15) is 0 Å². The molecule has 0 spiro atoms. The maximum atomic E-state index is 12.3. The van der Waals surface area contributed by atoms with E-state index in [1.165, 1.54) is 24.7 Å². The van der Waals surface area contributed by atoms with Crippen LogP contribution in [0.2, 0.25) is 0 Å². The molecular formula is C12H7F3N2O4S. The third kappa shape index (κ3) is 3.22. The third-order valence-electron chi connectivity index (χ3n) is 2.48. The zero-order chi connectivity index (χ0) is 16.4. The molecule has 6 nitrogen and oxygen atoms in total. The maximum absolute atomic E-state index is 12.3. The molecule has 0 fully saturated rings. The molecule has 116 valence electrons. The van der Waals surface area contributed by atoms with E-state index < -0.39 is 21.4 Å². The van der Waals surface area contributed by atoms with Crippen molar-refractivity contribution >= 4 is 16.4 Å². The average Bonchev–Trinajstić information content (AvgIpc) is 2.47. The molecule has 0 radical (unpaired) electrons. The van der Waals surface area contributed by atoms with Crippen molar-refractivity contribution in [2.24, 2.45) is 0 Å². The van der Waals surface area contributed by atoms with Gasteiger partial charge in [-0.3, -0.25) is 14.8 Å².